The normalized spacial score (nSPS) is 30.1. The van der Waals surface area contributed by atoms with Crippen molar-refractivity contribution in [1.82, 2.24) is 5.32 Å². The molecule has 2 N–H and O–H groups in total. The molecule has 2 aliphatic carbocycles. The second-order valence-electron chi connectivity index (χ2n) is 7.01. The summed E-state index contributed by atoms with van der Waals surface area (Å²) in [6.45, 7) is 3.30. The predicted octanol–water partition coefficient (Wildman–Crippen LogP) is 4.08. The van der Waals surface area contributed by atoms with Crippen LogP contribution in [-0.2, 0) is 5.60 Å². The van der Waals surface area contributed by atoms with Crippen molar-refractivity contribution in [3.05, 3.63) is 35.4 Å². The molecule has 21 heavy (non-hydrogen) atoms. The Morgan fingerprint density at radius 2 is 1.76 bits per heavy atom. The largest absolute Gasteiger partial charge is 0.385 e. The first-order valence-corrected chi connectivity index (χ1v) is 8.77. The van der Waals surface area contributed by atoms with E-state index in [4.69, 9.17) is 0 Å². The van der Waals surface area contributed by atoms with E-state index in [1.807, 2.05) is 0 Å². The molecule has 1 aromatic rings. The van der Waals surface area contributed by atoms with Crippen molar-refractivity contribution in [2.45, 2.75) is 75.9 Å². The van der Waals surface area contributed by atoms with E-state index >= 15 is 0 Å². The lowest BCUT2D eigenvalue weighted by atomic mass is 9.76. The van der Waals surface area contributed by atoms with E-state index in [0.29, 0.717) is 6.04 Å². The third-order valence-corrected chi connectivity index (χ3v) is 5.52. The van der Waals surface area contributed by atoms with Gasteiger partial charge in [0.25, 0.3) is 0 Å². The maximum Gasteiger partial charge on any atom is 0.0897 e. The van der Waals surface area contributed by atoms with Crippen LogP contribution in [0.15, 0.2) is 24.3 Å². The maximum absolute atomic E-state index is 11.0. The zero-order chi connectivity index (χ0) is 14.7. The molecule has 2 heteroatoms. The fourth-order valence-corrected chi connectivity index (χ4v) is 3.74. The molecular weight excluding hydrogens is 258 g/mol. The summed E-state index contributed by atoms with van der Waals surface area (Å²) in [5.41, 5.74) is 1.99. The van der Waals surface area contributed by atoms with Gasteiger partial charge in [-0.15, -0.1) is 0 Å². The first-order valence-electron chi connectivity index (χ1n) is 8.77. The highest BCUT2D eigenvalue weighted by molar-refractivity contribution is 5.30. The van der Waals surface area contributed by atoms with Gasteiger partial charge < -0.3 is 10.4 Å². The number of hydrogen-bond donors (Lipinski definition) is 2. The van der Waals surface area contributed by atoms with E-state index in [1.54, 1.807) is 0 Å². The molecule has 2 nitrogen and oxygen atoms in total. The lowest BCUT2D eigenvalue weighted by Gasteiger charge is -2.37. The van der Waals surface area contributed by atoms with Crippen LogP contribution in [0.4, 0.5) is 0 Å². The molecule has 2 fully saturated rings. The van der Waals surface area contributed by atoms with Crippen LogP contribution in [0.3, 0.4) is 0 Å². The number of nitrogens with one attached hydrogen (secondary N) is 1. The summed E-state index contributed by atoms with van der Waals surface area (Å²) in [4.78, 5) is 0. The van der Waals surface area contributed by atoms with E-state index < -0.39 is 5.60 Å². The third kappa shape index (κ3) is 3.32. The van der Waals surface area contributed by atoms with Gasteiger partial charge in [-0.2, -0.15) is 0 Å². The minimum absolute atomic E-state index is 0.595. The minimum Gasteiger partial charge on any atom is -0.385 e. The van der Waals surface area contributed by atoms with Gasteiger partial charge in [-0.05, 0) is 68.5 Å². The van der Waals surface area contributed by atoms with Crippen LogP contribution in [0.5, 0.6) is 0 Å². The molecule has 0 heterocycles. The lowest BCUT2D eigenvalue weighted by Crippen LogP contribution is -2.40. The number of aliphatic hydroxyl groups is 1. The molecule has 0 atom stereocenters. The fraction of sp³-hybridized carbons (Fsp3) is 0.684. The highest BCUT2D eigenvalue weighted by Crippen LogP contribution is 2.40. The number of hydrogen-bond acceptors (Lipinski definition) is 2. The van der Waals surface area contributed by atoms with Gasteiger partial charge in [-0.3, -0.25) is 0 Å². The second-order valence-corrected chi connectivity index (χ2v) is 7.01. The summed E-state index contributed by atoms with van der Waals surface area (Å²) < 4.78 is 0. The number of benzene rings is 1. The maximum atomic E-state index is 11.0. The molecule has 2 saturated carbocycles. The van der Waals surface area contributed by atoms with Crippen LogP contribution < -0.4 is 5.32 Å². The van der Waals surface area contributed by atoms with Crippen molar-refractivity contribution in [3.63, 3.8) is 0 Å². The Kier molecular flexibility index (Phi) is 4.66. The van der Waals surface area contributed by atoms with Gasteiger partial charge in [-0.1, -0.05) is 37.6 Å². The Labute approximate surface area is 129 Å². The smallest absolute Gasteiger partial charge is 0.0897 e. The predicted molar refractivity (Wildman–Crippen MR) is 87.5 cm³/mol. The SMILES string of the molecule is CCCNC1CCC(O)(c2ccc(C3CCC3)cc2)CC1. The van der Waals surface area contributed by atoms with Gasteiger partial charge in [0.2, 0.25) is 0 Å². The molecule has 1 aromatic carbocycles. The van der Waals surface area contributed by atoms with Crippen molar-refractivity contribution >= 4 is 0 Å². The van der Waals surface area contributed by atoms with E-state index in [2.05, 4.69) is 36.5 Å². The first kappa shape index (κ1) is 15.1. The average Bonchev–Trinajstić information content (AvgIpc) is 2.46. The van der Waals surface area contributed by atoms with E-state index in [-0.39, 0.29) is 0 Å². The van der Waals surface area contributed by atoms with Crippen molar-refractivity contribution in [2.24, 2.45) is 0 Å². The molecule has 2 aliphatic rings. The fourth-order valence-electron chi connectivity index (χ4n) is 3.74. The van der Waals surface area contributed by atoms with Crippen LogP contribution in [0.25, 0.3) is 0 Å². The molecule has 0 bridgehead atoms. The molecule has 0 radical (unpaired) electrons. The molecule has 0 aliphatic heterocycles. The quantitative estimate of drug-likeness (QED) is 0.855. The molecule has 0 unspecified atom stereocenters. The molecule has 0 amide bonds. The Morgan fingerprint density at radius 1 is 1.10 bits per heavy atom. The Bertz CT molecular complexity index is 441. The highest BCUT2D eigenvalue weighted by Gasteiger charge is 2.34. The van der Waals surface area contributed by atoms with Gasteiger partial charge in [0.05, 0.1) is 5.60 Å². The summed E-state index contributed by atoms with van der Waals surface area (Å²) in [5.74, 6) is 0.780. The Hall–Kier alpha value is -0.860. The van der Waals surface area contributed by atoms with Crippen molar-refractivity contribution in [3.8, 4) is 0 Å². The standard InChI is InChI=1S/C19H29NO/c1-2-14-20-18-10-12-19(21,13-11-18)17-8-6-16(7-9-17)15-4-3-5-15/h6-9,15,18,20-21H,2-5,10-14H2,1H3. The molecule has 0 spiro atoms. The van der Waals surface area contributed by atoms with E-state index in [1.165, 1.54) is 31.2 Å². The third-order valence-electron chi connectivity index (χ3n) is 5.52. The topological polar surface area (TPSA) is 32.3 Å². The molecule has 3 rings (SSSR count). The van der Waals surface area contributed by atoms with E-state index in [9.17, 15) is 5.11 Å². The number of rotatable bonds is 5. The molecular formula is C19H29NO. The Balaban J connectivity index is 1.60. The summed E-state index contributed by atoms with van der Waals surface area (Å²) in [5, 5.41) is 14.5. The lowest BCUT2D eigenvalue weighted by molar-refractivity contribution is -0.00828. The highest BCUT2D eigenvalue weighted by atomic mass is 16.3. The second kappa shape index (κ2) is 6.50. The van der Waals surface area contributed by atoms with Gasteiger partial charge in [0, 0.05) is 6.04 Å². The van der Waals surface area contributed by atoms with Crippen LogP contribution in [0, 0.1) is 0 Å². The summed E-state index contributed by atoms with van der Waals surface area (Å²) in [6.07, 6.45) is 9.19. The van der Waals surface area contributed by atoms with Gasteiger partial charge >= 0.3 is 0 Å². The average molecular weight is 287 g/mol. The van der Waals surface area contributed by atoms with Crippen LogP contribution in [0.1, 0.15) is 75.3 Å². The van der Waals surface area contributed by atoms with Crippen LogP contribution >= 0.6 is 0 Å². The van der Waals surface area contributed by atoms with Crippen molar-refractivity contribution in [1.29, 1.82) is 0 Å². The molecule has 0 aromatic heterocycles. The summed E-state index contributed by atoms with van der Waals surface area (Å²) >= 11 is 0. The minimum atomic E-state index is -0.595. The van der Waals surface area contributed by atoms with Gasteiger partial charge in [-0.25, -0.2) is 0 Å². The van der Waals surface area contributed by atoms with Crippen molar-refractivity contribution < 1.29 is 5.11 Å². The van der Waals surface area contributed by atoms with Crippen molar-refractivity contribution in [2.75, 3.05) is 6.54 Å². The summed E-state index contributed by atoms with van der Waals surface area (Å²) in [6, 6.07) is 9.44. The van der Waals surface area contributed by atoms with E-state index in [0.717, 1.165) is 43.7 Å². The van der Waals surface area contributed by atoms with Crippen LogP contribution in [-0.4, -0.2) is 17.7 Å². The zero-order valence-corrected chi connectivity index (χ0v) is 13.3. The van der Waals surface area contributed by atoms with Gasteiger partial charge in [0.15, 0.2) is 0 Å². The molecule has 116 valence electrons. The summed E-state index contributed by atoms with van der Waals surface area (Å²) in [7, 11) is 0. The first-order chi connectivity index (χ1) is 10.2. The van der Waals surface area contributed by atoms with Gasteiger partial charge in [0.1, 0.15) is 0 Å². The zero-order valence-electron chi connectivity index (χ0n) is 13.3. The Morgan fingerprint density at radius 3 is 2.29 bits per heavy atom. The van der Waals surface area contributed by atoms with Crippen LogP contribution in [0.2, 0.25) is 0 Å². The molecule has 0 saturated heterocycles. The monoisotopic (exact) mass is 287 g/mol.